The van der Waals surface area contributed by atoms with Crippen molar-refractivity contribution in [2.45, 2.75) is 38.5 Å². The molecule has 0 radical (unpaired) electrons. The number of rotatable bonds is 8. The summed E-state index contributed by atoms with van der Waals surface area (Å²) in [6.07, 6.45) is 4.68. The van der Waals surface area contributed by atoms with Gasteiger partial charge in [-0.1, -0.05) is 6.42 Å². The molecule has 25 heavy (non-hydrogen) atoms. The normalized spacial score (nSPS) is 15.0. The molecule has 0 saturated carbocycles. The Kier molecular flexibility index (Phi) is 25.5. The van der Waals surface area contributed by atoms with Gasteiger partial charge in [0.2, 0.25) is 0 Å². The summed E-state index contributed by atoms with van der Waals surface area (Å²) in [5, 5.41) is 24.5. The molecule has 1 aliphatic rings. The Labute approximate surface area is 163 Å². The van der Waals surface area contributed by atoms with Crippen LogP contribution in [0.2, 0.25) is 0 Å². The van der Waals surface area contributed by atoms with E-state index in [2.05, 4.69) is 9.57 Å². The smallest absolute Gasteiger partial charge is 0.693 e. The maximum atomic E-state index is 10.8. The van der Waals surface area contributed by atoms with Gasteiger partial charge in [0.15, 0.2) is 0 Å². The fourth-order valence-electron chi connectivity index (χ4n) is 2.27. The van der Waals surface area contributed by atoms with E-state index in [0.717, 1.165) is 26.1 Å². The molecule has 0 amide bonds. The molecule has 1 fully saturated rings. The average molecular weight is 568 g/mol. The molecule has 2 atom stereocenters. The molecule has 13 heteroatoms. The quantitative estimate of drug-likeness (QED) is 0.222. The zero-order chi connectivity index (χ0) is 17.0. The minimum absolute atomic E-state index is 0. The zero-order valence-corrected chi connectivity index (χ0v) is 16.9. The minimum atomic E-state index is -3.04. The SMILES string of the molecule is O=C(O)CC(CCCN1CCCCC1)C(=O)O.O=[P+]([O-])OO.[HH].[NH2-].[NH2-].[Pt+2]. The second kappa shape index (κ2) is 19.8. The van der Waals surface area contributed by atoms with Crippen LogP contribution in [0.1, 0.15) is 40.0 Å². The number of hydrogen-bond acceptors (Lipinski definition) is 7. The van der Waals surface area contributed by atoms with Crippen molar-refractivity contribution in [3.05, 3.63) is 12.3 Å². The van der Waals surface area contributed by atoms with Crippen LogP contribution in [0.4, 0.5) is 0 Å². The van der Waals surface area contributed by atoms with Crippen LogP contribution in [0.5, 0.6) is 0 Å². The summed E-state index contributed by atoms with van der Waals surface area (Å²) in [5.74, 6) is -2.77. The number of carbonyl (C=O) groups is 2. The third-order valence-electron chi connectivity index (χ3n) is 3.31. The molecule has 2 unspecified atom stereocenters. The maximum Gasteiger partial charge on any atom is 2.00 e. The van der Waals surface area contributed by atoms with Gasteiger partial charge >= 0.3 is 41.3 Å². The van der Waals surface area contributed by atoms with Gasteiger partial charge in [-0.3, -0.25) is 9.59 Å². The Morgan fingerprint density at radius 3 is 2.04 bits per heavy atom. The second-order valence-electron chi connectivity index (χ2n) is 4.98. The standard InChI is InChI=1S/C12H21NO4.2H2N.HO4P.Pt.H2/c14-11(15)9-10(12(16)17)5-4-8-13-6-2-1-3-7-13;;;1-4-5(2)3;;/h10H,1-9H2,(H,14,15)(H,16,17);2*1H2;1H;;1H/q;2*-1;;+2;. The van der Waals surface area contributed by atoms with Crippen molar-refractivity contribution in [1.29, 1.82) is 0 Å². The Morgan fingerprint density at radius 1 is 1.20 bits per heavy atom. The van der Waals surface area contributed by atoms with Gasteiger partial charge in [-0.2, -0.15) is 0 Å². The van der Waals surface area contributed by atoms with Crippen LogP contribution in [-0.4, -0.2) is 51.9 Å². The van der Waals surface area contributed by atoms with Gasteiger partial charge in [-0.15, -0.1) is 0 Å². The van der Waals surface area contributed by atoms with Crippen molar-refractivity contribution in [1.82, 2.24) is 4.90 Å². The third kappa shape index (κ3) is 19.7. The Morgan fingerprint density at radius 2 is 1.68 bits per heavy atom. The molecule has 0 spiro atoms. The van der Waals surface area contributed by atoms with Crippen LogP contribution in [0.15, 0.2) is 0 Å². The summed E-state index contributed by atoms with van der Waals surface area (Å²) in [4.78, 5) is 32.6. The van der Waals surface area contributed by atoms with Gasteiger partial charge in [0, 0.05) is 6.10 Å². The first-order valence-corrected chi connectivity index (χ1v) is 8.09. The molecular formula is C12H28N3O8PPt. The van der Waals surface area contributed by atoms with Crippen LogP contribution < -0.4 is 4.89 Å². The number of likely N-dealkylation sites (tertiary alicyclic amines) is 1. The second-order valence-corrected chi connectivity index (χ2v) is 5.59. The van der Waals surface area contributed by atoms with Gasteiger partial charge in [0.1, 0.15) is 0 Å². The molecule has 1 saturated heterocycles. The van der Waals surface area contributed by atoms with E-state index in [1.54, 1.807) is 0 Å². The minimum Gasteiger partial charge on any atom is -0.693 e. The number of aliphatic carboxylic acids is 2. The van der Waals surface area contributed by atoms with Crippen LogP contribution in [0, 0.1) is 5.92 Å². The van der Waals surface area contributed by atoms with Crippen LogP contribution in [0.3, 0.4) is 0 Å². The molecule has 11 nitrogen and oxygen atoms in total. The zero-order valence-electron chi connectivity index (χ0n) is 13.7. The summed E-state index contributed by atoms with van der Waals surface area (Å²) >= 11 is 0. The molecule has 7 N–H and O–H groups in total. The molecule has 1 rings (SSSR count). The molecule has 0 bridgehead atoms. The number of piperidine rings is 1. The molecule has 0 aromatic heterocycles. The van der Waals surface area contributed by atoms with Gasteiger partial charge in [0.05, 0.1) is 12.3 Å². The largest absolute Gasteiger partial charge is 2.00 e. The Balaban J connectivity index is -0.000000146. The first-order valence-electron chi connectivity index (χ1n) is 6.99. The van der Waals surface area contributed by atoms with E-state index >= 15 is 0 Å². The summed E-state index contributed by atoms with van der Waals surface area (Å²) in [6.45, 7) is 3.08. The van der Waals surface area contributed by atoms with E-state index in [-0.39, 0.29) is 41.2 Å². The Hall–Kier alpha value is -0.512. The average Bonchev–Trinajstić information content (AvgIpc) is 2.47. The molecule has 0 aliphatic carbocycles. The number of carboxylic acids is 2. The van der Waals surface area contributed by atoms with Gasteiger partial charge in [-0.25, -0.2) is 5.26 Å². The van der Waals surface area contributed by atoms with Crippen molar-refractivity contribution >= 4 is 20.2 Å². The first-order chi connectivity index (χ1) is 10.4. The van der Waals surface area contributed by atoms with Crippen LogP contribution in [0.25, 0.3) is 12.3 Å². The fraction of sp³-hybridized carbons (Fsp3) is 0.833. The number of hydrogen-bond donors (Lipinski definition) is 3. The van der Waals surface area contributed by atoms with E-state index in [1.165, 1.54) is 19.3 Å². The van der Waals surface area contributed by atoms with E-state index in [4.69, 9.17) is 24.9 Å². The van der Waals surface area contributed by atoms with Crippen LogP contribution in [-0.2, 0) is 39.9 Å². The molecule has 1 aliphatic heterocycles. The maximum absolute atomic E-state index is 10.8. The van der Waals surface area contributed by atoms with Crippen molar-refractivity contribution in [3.8, 4) is 0 Å². The Bertz CT molecular complexity index is 378. The van der Waals surface area contributed by atoms with Gasteiger partial charge in [0.25, 0.3) is 0 Å². The van der Waals surface area contributed by atoms with Crippen LogP contribution >= 0.6 is 8.25 Å². The summed E-state index contributed by atoms with van der Waals surface area (Å²) in [5.41, 5.74) is 0. The van der Waals surface area contributed by atoms with Crippen molar-refractivity contribution < 1.29 is 61.7 Å². The predicted octanol–water partition coefficient (Wildman–Crippen LogP) is 2.60. The predicted molar refractivity (Wildman–Crippen MR) is 86.9 cm³/mol. The van der Waals surface area contributed by atoms with Gasteiger partial charge in [-0.05, 0) is 49.9 Å². The number of nitrogens with zero attached hydrogens (tertiary/aromatic N) is 1. The summed E-state index contributed by atoms with van der Waals surface area (Å²) < 4.78 is 11.6. The van der Waals surface area contributed by atoms with E-state index < -0.39 is 26.1 Å². The topological polar surface area (TPSA) is 214 Å². The van der Waals surface area contributed by atoms with Crippen molar-refractivity contribution in [3.63, 3.8) is 0 Å². The molecule has 154 valence electrons. The van der Waals surface area contributed by atoms with E-state index in [9.17, 15) is 9.59 Å². The number of nitrogens with two attached hydrogens (primary N) is 2. The summed E-state index contributed by atoms with van der Waals surface area (Å²) in [7, 11) is -3.04. The van der Waals surface area contributed by atoms with Crippen molar-refractivity contribution in [2.75, 3.05) is 19.6 Å². The van der Waals surface area contributed by atoms with Crippen molar-refractivity contribution in [2.24, 2.45) is 5.92 Å². The fourth-order valence-corrected chi connectivity index (χ4v) is 2.27. The number of carboxylic acid groups (broad SMARTS) is 2. The monoisotopic (exact) mass is 568 g/mol. The molecule has 0 aromatic rings. The first kappa shape index (κ1) is 32.2. The third-order valence-corrected chi connectivity index (χ3v) is 3.45. The molecule has 0 aromatic carbocycles. The van der Waals surface area contributed by atoms with E-state index in [1.807, 2.05) is 0 Å². The molecular weight excluding hydrogens is 540 g/mol. The van der Waals surface area contributed by atoms with Gasteiger partial charge < -0.3 is 32.3 Å². The summed E-state index contributed by atoms with van der Waals surface area (Å²) in [6, 6.07) is 0. The molecule has 1 heterocycles. The van der Waals surface area contributed by atoms with E-state index in [0.29, 0.717) is 6.42 Å².